The van der Waals surface area contributed by atoms with Gasteiger partial charge in [0, 0.05) is 32.4 Å². The number of nitriles is 1. The summed E-state index contributed by atoms with van der Waals surface area (Å²) in [5.41, 5.74) is 2.43. The number of anilines is 1. The summed E-state index contributed by atoms with van der Waals surface area (Å²) in [4.78, 5) is 16.0. The van der Waals surface area contributed by atoms with Crippen LogP contribution in [0, 0.1) is 11.3 Å². The number of carbonyl (C=O) groups excluding carboxylic acids is 1. The highest BCUT2D eigenvalue weighted by molar-refractivity contribution is 5.79. The molecule has 0 radical (unpaired) electrons. The molecule has 1 aromatic rings. The summed E-state index contributed by atoms with van der Waals surface area (Å²) < 4.78 is 0. The minimum atomic E-state index is -0.239. The lowest BCUT2D eigenvalue weighted by molar-refractivity contribution is -0.130. The summed E-state index contributed by atoms with van der Waals surface area (Å²) in [5.74, 6) is 0.0305. The van der Waals surface area contributed by atoms with Gasteiger partial charge in [0.05, 0.1) is 12.6 Å². The van der Waals surface area contributed by atoms with Gasteiger partial charge in [0.25, 0.3) is 0 Å². The first-order valence-corrected chi connectivity index (χ1v) is 8.20. The van der Waals surface area contributed by atoms with E-state index in [1.807, 2.05) is 14.1 Å². The molecule has 1 heterocycles. The molecule has 1 fully saturated rings. The van der Waals surface area contributed by atoms with Crippen molar-refractivity contribution in [3.8, 4) is 6.07 Å². The second kappa shape index (κ2) is 7.98. The summed E-state index contributed by atoms with van der Waals surface area (Å²) in [7, 11) is 4.06. The minimum Gasteiger partial charge on any atom is -0.378 e. The molecule has 0 saturated carbocycles. The standard InChI is InChI=1S/C18H26N4O/c1-14(10-15-6-4-7-16(11-15)21(2)3)20-13-18(23)22-9-5-8-17(22)12-19/h4,6-7,11,14,17,20H,5,8-10,13H2,1-3H3/t14-,17-/m0/s1. The summed E-state index contributed by atoms with van der Waals surface area (Å²) in [6.07, 6.45) is 2.60. The Morgan fingerprint density at radius 1 is 1.52 bits per heavy atom. The van der Waals surface area contributed by atoms with E-state index in [2.05, 4.69) is 47.5 Å². The van der Waals surface area contributed by atoms with Crippen molar-refractivity contribution in [2.24, 2.45) is 0 Å². The van der Waals surface area contributed by atoms with Crippen molar-refractivity contribution in [1.29, 1.82) is 5.26 Å². The van der Waals surface area contributed by atoms with Gasteiger partial charge in [-0.25, -0.2) is 0 Å². The molecule has 23 heavy (non-hydrogen) atoms. The molecule has 0 spiro atoms. The third-order valence-corrected chi connectivity index (χ3v) is 4.29. The first kappa shape index (κ1) is 17.3. The predicted molar refractivity (Wildman–Crippen MR) is 92.3 cm³/mol. The highest BCUT2D eigenvalue weighted by Crippen LogP contribution is 2.17. The maximum atomic E-state index is 12.2. The van der Waals surface area contributed by atoms with Crippen LogP contribution in [0.2, 0.25) is 0 Å². The first-order chi connectivity index (χ1) is 11.0. The van der Waals surface area contributed by atoms with E-state index in [0.29, 0.717) is 13.1 Å². The Balaban J connectivity index is 1.83. The zero-order valence-corrected chi connectivity index (χ0v) is 14.2. The number of carbonyl (C=O) groups is 1. The van der Waals surface area contributed by atoms with Crippen LogP contribution in [0.15, 0.2) is 24.3 Å². The Morgan fingerprint density at radius 2 is 2.30 bits per heavy atom. The van der Waals surface area contributed by atoms with E-state index in [4.69, 9.17) is 5.26 Å². The van der Waals surface area contributed by atoms with E-state index < -0.39 is 0 Å². The van der Waals surface area contributed by atoms with Gasteiger partial charge in [-0.15, -0.1) is 0 Å². The number of nitrogens with zero attached hydrogens (tertiary/aromatic N) is 3. The zero-order chi connectivity index (χ0) is 16.8. The fourth-order valence-corrected chi connectivity index (χ4v) is 2.95. The van der Waals surface area contributed by atoms with Crippen LogP contribution in [-0.2, 0) is 11.2 Å². The van der Waals surface area contributed by atoms with Gasteiger partial charge in [0.2, 0.25) is 5.91 Å². The van der Waals surface area contributed by atoms with Crippen molar-refractivity contribution >= 4 is 11.6 Å². The molecule has 0 aromatic heterocycles. The maximum absolute atomic E-state index is 12.2. The van der Waals surface area contributed by atoms with Crippen molar-refractivity contribution in [2.75, 3.05) is 32.1 Å². The van der Waals surface area contributed by atoms with Gasteiger partial charge >= 0.3 is 0 Å². The number of hydrogen-bond donors (Lipinski definition) is 1. The lowest BCUT2D eigenvalue weighted by atomic mass is 10.1. The van der Waals surface area contributed by atoms with Gasteiger partial charge in [-0.3, -0.25) is 4.79 Å². The number of rotatable bonds is 6. The molecule has 5 heteroatoms. The quantitative estimate of drug-likeness (QED) is 0.869. The fraction of sp³-hybridized carbons (Fsp3) is 0.556. The molecule has 0 unspecified atom stereocenters. The van der Waals surface area contributed by atoms with Gasteiger partial charge in [-0.05, 0) is 43.9 Å². The minimum absolute atomic E-state index is 0.0305. The molecule has 1 aromatic carbocycles. The number of amides is 1. The first-order valence-electron chi connectivity index (χ1n) is 8.20. The molecule has 2 atom stereocenters. The molecular formula is C18H26N4O. The molecule has 0 aliphatic carbocycles. The van der Waals surface area contributed by atoms with Crippen LogP contribution in [0.1, 0.15) is 25.3 Å². The highest BCUT2D eigenvalue weighted by atomic mass is 16.2. The molecular weight excluding hydrogens is 288 g/mol. The summed E-state index contributed by atoms with van der Waals surface area (Å²) in [5, 5.41) is 12.3. The highest BCUT2D eigenvalue weighted by Gasteiger charge is 2.28. The molecule has 1 aliphatic rings. The summed E-state index contributed by atoms with van der Waals surface area (Å²) in [6.45, 7) is 3.09. The lowest BCUT2D eigenvalue weighted by Gasteiger charge is -2.21. The van der Waals surface area contributed by atoms with Crippen molar-refractivity contribution in [2.45, 2.75) is 38.3 Å². The monoisotopic (exact) mass is 314 g/mol. The van der Waals surface area contributed by atoms with Crippen molar-refractivity contribution in [3.63, 3.8) is 0 Å². The average molecular weight is 314 g/mol. The molecule has 1 saturated heterocycles. The van der Waals surface area contributed by atoms with Crippen molar-refractivity contribution < 1.29 is 4.79 Å². The maximum Gasteiger partial charge on any atom is 0.237 e. The predicted octanol–water partition coefficient (Wildman–Crippen LogP) is 1.79. The number of hydrogen-bond acceptors (Lipinski definition) is 4. The van der Waals surface area contributed by atoms with Crippen molar-refractivity contribution in [1.82, 2.24) is 10.2 Å². The number of nitrogens with one attached hydrogen (secondary N) is 1. The van der Waals surface area contributed by atoms with Crippen molar-refractivity contribution in [3.05, 3.63) is 29.8 Å². The molecule has 2 rings (SSSR count). The van der Waals surface area contributed by atoms with Crippen LogP contribution < -0.4 is 10.2 Å². The second-order valence-corrected chi connectivity index (χ2v) is 6.42. The third-order valence-electron chi connectivity index (χ3n) is 4.29. The Morgan fingerprint density at radius 3 is 3.00 bits per heavy atom. The van der Waals surface area contributed by atoms with Crippen LogP contribution in [-0.4, -0.2) is 50.1 Å². The average Bonchev–Trinajstić information content (AvgIpc) is 3.01. The molecule has 1 amide bonds. The summed E-state index contributed by atoms with van der Waals surface area (Å²) in [6, 6.07) is 10.6. The van der Waals surface area contributed by atoms with Crippen LogP contribution in [0.25, 0.3) is 0 Å². The molecule has 1 aliphatic heterocycles. The van der Waals surface area contributed by atoms with E-state index in [1.165, 1.54) is 11.3 Å². The van der Waals surface area contributed by atoms with E-state index in [-0.39, 0.29) is 18.0 Å². The molecule has 124 valence electrons. The van der Waals surface area contributed by atoms with Crippen LogP contribution in [0.3, 0.4) is 0 Å². The Kier molecular flexibility index (Phi) is 6.00. The number of likely N-dealkylation sites (tertiary alicyclic amines) is 1. The largest absolute Gasteiger partial charge is 0.378 e. The van der Waals surface area contributed by atoms with Crippen LogP contribution in [0.5, 0.6) is 0 Å². The summed E-state index contributed by atoms with van der Waals surface area (Å²) >= 11 is 0. The zero-order valence-electron chi connectivity index (χ0n) is 14.2. The Labute approximate surface area is 138 Å². The van der Waals surface area contributed by atoms with E-state index >= 15 is 0 Å². The Hall–Kier alpha value is -2.06. The Bertz CT molecular complexity index is 579. The van der Waals surface area contributed by atoms with Gasteiger partial charge in [-0.2, -0.15) is 5.26 Å². The molecule has 1 N–H and O–H groups in total. The number of benzene rings is 1. The topological polar surface area (TPSA) is 59.4 Å². The van der Waals surface area contributed by atoms with Gasteiger partial charge in [0.1, 0.15) is 6.04 Å². The SMILES string of the molecule is C[C@@H](Cc1cccc(N(C)C)c1)NCC(=O)N1CCC[C@H]1C#N. The van der Waals surface area contributed by atoms with E-state index in [9.17, 15) is 4.79 Å². The molecule has 0 bridgehead atoms. The molecule has 5 nitrogen and oxygen atoms in total. The van der Waals surface area contributed by atoms with Gasteiger partial charge in [-0.1, -0.05) is 12.1 Å². The van der Waals surface area contributed by atoms with Gasteiger partial charge < -0.3 is 15.1 Å². The third kappa shape index (κ3) is 4.70. The fourth-order valence-electron chi connectivity index (χ4n) is 2.95. The van der Waals surface area contributed by atoms with Gasteiger partial charge in [0.15, 0.2) is 0 Å². The normalized spacial score (nSPS) is 18.5. The van der Waals surface area contributed by atoms with Crippen LogP contribution >= 0.6 is 0 Å². The lowest BCUT2D eigenvalue weighted by Crippen LogP contribution is -2.43. The van der Waals surface area contributed by atoms with E-state index in [0.717, 1.165) is 19.3 Å². The second-order valence-electron chi connectivity index (χ2n) is 6.42. The van der Waals surface area contributed by atoms with Crippen LogP contribution in [0.4, 0.5) is 5.69 Å². The smallest absolute Gasteiger partial charge is 0.237 e. The van der Waals surface area contributed by atoms with E-state index in [1.54, 1.807) is 4.90 Å².